The minimum atomic E-state index is 0.840. The van der Waals surface area contributed by atoms with E-state index in [1.54, 1.807) is 0 Å². The molecule has 2 rings (SSSR count). The summed E-state index contributed by atoms with van der Waals surface area (Å²) in [6.07, 6.45) is 2.10. The van der Waals surface area contributed by atoms with Crippen LogP contribution in [0.5, 0.6) is 0 Å². The molecule has 19 heavy (non-hydrogen) atoms. The number of nitrogens with two attached hydrogens (primary N) is 1. The van der Waals surface area contributed by atoms with Crippen LogP contribution < -0.4 is 10.6 Å². The zero-order valence-electron chi connectivity index (χ0n) is 11.8. The van der Waals surface area contributed by atoms with Crippen molar-refractivity contribution in [2.45, 2.75) is 19.8 Å². The number of nitrogens with zero attached hydrogens (tertiary/aromatic N) is 1. The first-order chi connectivity index (χ1) is 9.19. The van der Waals surface area contributed by atoms with E-state index in [0.717, 1.165) is 25.1 Å². The number of rotatable bonds is 5. The van der Waals surface area contributed by atoms with Gasteiger partial charge in [0, 0.05) is 25.0 Å². The predicted molar refractivity (Wildman–Crippen MR) is 83.6 cm³/mol. The lowest BCUT2D eigenvalue weighted by molar-refractivity contribution is 0.876. The largest absolute Gasteiger partial charge is 0.399 e. The number of anilines is 2. The Bertz CT molecular complexity index is 517. The van der Waals surface area contributed by atoms with Gasteiger partial charge in [-0.2, -0.15) is 0 Å². The first kappa shape index (κ1) is 13.5. The fourth-order valence-electron chi connectivity index (χ4n) is 2.16. The molecule has 0 aliphatic carbocycles. The molecule has 0 heterocycles. The van der Waals surface area contributed by atoms with Gasteiger partial charge in [0.1, 0.15) is 0 Å². The van der Waals surface area contributed by atoms with Gasteiger partial charge < -0.3 is 10.6 Å². The molecule has 2 heteroatoms. The number of hydrogen-bond donors (Lipinski definition) is 1. The molecule has 2 N–H and O–H groups in total. The Morgan fingerprint density at radius 2 is 1.74 bits per heavy atom. The molecule has 100 valence electrons. The normalized spacial score (nSPS) is 10.4. The lowest BCUT2D eigenvalue weighted by Crippen LogP contribution is -2.20. The Balaban J connectivity index is 1.95. The van der Waals surface area contributed by atoms with Gasteiger partial charge in [-0.15, -0.1) is 0 Å². The zero-order chi connectivity index (χ0) is 13.7. The van der Waals surface area contributed by atoms with Crippen LogP contribution in [0.25, 0.3) is 0 Å². The van der Waals surface area contributed by atoms with Crippen LogP contribution in [0.15, 0.2) is 48.5 Å². The van der Waals surface area contributed by atoms with E-state index < -0.39 is 0 Å². The topological polar surface area (TPSA) is 29.3 Å². The molecule has 2 aromatic rings. The molecule has 0 atom stereocenters. The van der Waals surface area contributed by atoms with Gasteiger partial charge in [0.15, 0.2) is 0 Å². The molecule has 0 amide bonds. The number of likely N-dealkylation sites (N-methyl/N-ethyl adjacent to an activating group) is 1. The molecule has 0 spiro atoms. The monoisotopic (exact) mass is 254 g/mol. The van der Waals surface area contributed by atoms with Crippen LogP contribution in [0, 0.1) is 0 Å². The first-order valence-electron chi connectivity index (χ1n) is 6.83. The Morgan fingerprint density at radius 1 is 1.00 bits per heavy atom. The van der Waals surface area contributed by atoms with Crippen molar-refractivity contribution < 1.29 is 0 Å². The van der Waals surface area contributed by atoms with Gasteiger partial charge in [-0.1, -0.05) is 31.2 Å². The second-order valence-corrected chi connectivity index (χ2v) is 4.94. The molecule has 0 fully saturated rings. The Hall–Kier alpha value is -1.96. The van der Waals surface area contributed by atoms with Gasteiger partial charge in [-0.05, 0) is 48.2 Å². The smallest absolute Gasteiger partial charge is 0.0363 e. The van der Waals surface area contributed by atoms with Crippen molar-refractivity contribution in [1.29, 1.82) is 0 Å². The van der Waals surface area contributed by atoms with Crippen LogP contribution in [0.4, 0.5) is 11.4 Å². The second-order valence-electron chi connectivity index (χ2n) is 4.94. The van der Waals surface area contributed by atoms with Crippen molar-refractivity contribution in [2.75, 3.05) is 24.2 Å². The quantitative estimate of drug-likeness (QED) is 0.827. The first-order valence-corrected chi connectivity index (χ1v) is 6.83. The SMILES string of the molecule is CCc1ccc(N(C)CCc2cccc(N)c2)cc1. The molecule has 0 radical (unpaired) electrons. The van der Waals surface area contributed by atoms with E-state index in [1.807, 2.05) is 18.2 Å². The van der Waals surface area contributed by atoms with Crippen molar-refractivity contribution in [2.24, 2.45) is 0 Å². The highest BCUT2D eigenvalue weighted by atomic mass is 15.1. The fourth-order valence-corrected chi connectivity index (χ4v) is 2.16. The number of benzene rings is 2. The van der Waals surface area contributed by atoms with E-state index in [-0.39, 0.29) is 0 Å². The van der Waals surface area contributed by atoms with Crippen molar-refractivity contribution in [1.82, 2.24) is 0 Å². The molecular formula is C17H22N2. The maximum atomic E-state index is 5.79. The van der Waals surface area contributed by atoms with Crippen molar-refractivity contribution >= 4 is 11.4 Å². The molecule has 0 aliphatic heterocycles. The standard InChI is InChI=1S/C17H22N2/c1-3-14-7-9-17(10-8-14)19(2)12-11-15-5-4-6-16(18)13-15/h4-10,13H,3,11-12,18H2,1-2H3. The van der Waals surface area contributed by atoms with Gasteiger partial charge in [0.05, 0.1) is 0 Å². The third kappa shape index (κ3) is 3.75. The van der Waals surface area contributed by atoms with Gasteiger partial charge in [0.25, 0.3) is 0 Å². The Labute approximate surface area is 115 Å². The summed E-state index contributed by atoms with van der Waals surface area (Å²) in [5.41, 5.74) is 10.6. The van der Waals surface area contributed by atoms with Crippen LogP contribution >= 0.6 is 0 Å². The minimum absolute atomic E-state index is 0.840. The lowest BCUT2D eigenvalue weighted by Gasteiger charge is -2.19. The van der Waals surface area contributed by atoms with Crippen LogP contribution in [-0.4, -0.2) is 13.6 Å². The molecular weight excluding hydrogens is 232 g/mol. The number of hydrogen-bond acceptors (Lipinski definition) is 2. The summed E-state index contributed by atoms with van der Waals surface area (Å²) in [6, 6.07) is 16.9. The summed E-state index contributed by atoms with van der Waals surface area (Å²) in [5.74, 6) is 0. The lowest BCUT2D eigenvalue weighted by atomic mass is 10.1. The molecule has 0 saturated heterocycles. The summed E-state index contributed by atoms with van der Waals surface area (Å²) < 4.78 is 0. The molecule has 2 nitrogen and oxygen atoms in total. The van der Waals surface area contributed by atoms with Gasteiger partial charge >= 0.3 is 0 Å². The summed E-state index contributed by atoms with van der Waals surface area (Å²) >= 11 is 0. The van der Waals surface area contributed by atoms with E-state index >= 15 is 0 Å². The zero-order valence-corrected chi connectivity index (χ0v) is 11.8. The van der Waals surface area contributed by atoms with Gasteiger partial charge in [-0.25, -0.2) is 0 Å². The Kier molecular flexibility index (Phi) is 4.45. The van der Waals surface area contributed by atoms with E-state index in [2.05, 4.69) is 49.2 Å². The third-order valence-electron chi connectivity index (χ3n) is 3.47. The highest BCUT2D eigenvalue weighted by Crippen LogP contribution is 2.15. The molecule has 0 aliphatic rings. The van der Waals surface area contributed by atoms with E-state index in [0.29, 0.717) is 0 Å². The van der Waals surface area contributed by atoms with E-state index in [1.165, 1.54) is 16.8 Å². The summed E-state index contributed by atoms with van der Waals surface area (Å²) in [6.45, 7) is 3.17. The van der Waals surface area contributed by atoms with Gasteiger partial charge in [-0.3, -0.25) is 0 Å². The minimum Gasteiger partial charge on any atom is -0.399 e. The third-order valence-corrected chi connectivity index (χ3v) is 3.47. The van der Waals surface area contributed by atoms with Crippen molar-refractivity contribution in [3.05, 3.63) is 59.7 Å². The van der Waals surface area contributed by atoms with Crippen LogP contribution in [0.3, 0.4) is 0 Å². The average molecular weight is 254 g/mol. The highest BCUT2D eigenvalue weighted by Gasteiger charge is 2.01. The number of nitrogen functional groups attached to an aromatic ring is 1. The van der Waals surface area contributed by atoms with Crippen molar-refractivity contribution in [3.8, 4) is 0 Å². The highest BCUT2D eigenvalue weighted by molar-refractivity contribution is 5.47. The number of aryl methyl sites for hydroxylation is 1. The van der Waals surface area contributed by atoms with Crippen LogP contribution in [0.1, 0.15) is 18.1 Å². The average Bonchev–Trinajstić information content (AvgIpc) is 2.45. The van der Waals surface area contributed by atoms with E-state index in [4.69, 9.17) is 5.73 Å². The van der Waals surface area contributed by atoms with Crippen LogP contribution in [-0.2, 0) is 12.8 Å². The molecule has 0 aromatic heterocycles. The summed E-state index contributed by atoms with van der Waals surface area (Å²) in [4.78, 5) is 2.28. The molecule has 2 aromatic carbocycles. The second kappa shape index (κ2) is 6.28. The van der Waals surface area contributed by atoms with Gasteiger partial charge in [0.2, 0.25) is 0 Å². The summed E-state index contributed by atoms with van der Waals surface area (Å²) in [5, 5.41) is 0. The summed E-state index contributed by atoms with van der Waals surface area (Å²) in [7, 11) is 2.13. The Morgan fingerprint density at radius 3 is 2.37 bits per heavy atom. The maximum Gasteiger partial charge on any atom is 0.0363 e. The molecule has 0 saturated carbocycles. The van der Waals surface area contributed by atoms with E-state index in [9.17, 15) is 0 Å². The molecule has 0 unspecified atom stereocenters. The maximum absolute atomic E-state index is 5.79. The van der Waals surface area contributed by atoms with Crippen LogP contribution in [0.2, 0.25) is 0 Å². The fraction of sp³-hybridized carbons (Fsp3) is 0.294. The molecule has 0 bridgehead atoms. The van der Waals surface area contributed by atoms with Crippen molar-refractivity contribution in [3.63, 3.8) is 0 Å². The predicted octanol–water partition coefficient (Wildman–Crippen LogP) is 3.51.